The third-order valence-electron chi connectivity index (χ3n) is 2.63. The fraction of sp³-hybridized carbons (Fsp3) is 0.455. The molecule has 94 valence electrons. The number of hydrogen-bond acceptors (Lipinski definition) is 3. The van der Waals surface area contributed by atoms with Gasteiger partial charge >= 0.3 is 0 Å². The molecule has 3 nitrogen and oxygen atoms in total. The van der Waals surface area contributed by atoms with E-state index in [0.29, 0.717) is 9.37 Å². The second-order valence-electron chi connectivity index (χ2n) is 4.12. The predicted molar refractivity (Wildman–Crippen MR) is 74.9 cm³/mol. The van der Waals surface area contributed by atoms with Crippen LogP contribution in [0.1, 0.15) is 12.0 Å². The highest BCUT2D eigenvalue weighted by atomic mass is 79.9. The average molecular weight is 336 g/mol. The van der Waals surface area contributed by atoms with Gasteiger partial charge in [-0.1, -0.05) is 6.07 Å². The highest BCUT2D eigenvalue weighted by molar-refractivity contribution is 9.10. The molecule has 1 aliphatic rings. The van der Waals surface area contributed by atoms with Crippen molar-refractivity contribution < 1.29 is 8.42 Å². The zero-order chi connectivity index (χ0) is 12.5. The monoisotopic (exact) mass is 335 g/mol. The molecule has 2 rings (SSSR count). The molecule has 1 atom stereocenters. The number of rotatable bonds is 3. The lowest BCUT2D eigenvalue weighted by Gasteiger charge is -2.13. The van der Waals surface area contributed by atoms with Crippen LogP contribution in [-0.2, 0) is 10.0 Å². The molecule has 17 heavy (non-hydrogen) atoms. The van der Waals surface area contributed by atoms with Crippen LogP contribution in [0.2, 0.25) is 0 Å². The van der Waals surface area contributed by atoms with Gasteiger partial charge < -0.3 is 0 Å². The number of nitrogens with one attached hydrogen (secondary N) is 1. The second kappa shape index (κ2) is 5.30. The highest BCUT2D eigenvalue weighted by Gasteiger charge is 2.24. The Morgan fingerprint density at radius 3 is 2.82 bits per heavy atom. The summed E-state index contributed by atoms with van der Waals surface area (Å²) in [7, 11) is -3.40. The van der Waals surface area contributed by atoms with Gasteiger partial charge in [0.2, 0.25) is 10.0 Å². The first-order valence-electron chi connectivity index (χ1n) is 5.35. The lowest BCUT2D eigenvalue weighted by molar-refractivity contribution is 0.562. The van der Waals surface area contributed by atoms with Crippen molar-refractivity contribution in [2.24, 2.45) is 0 Å². The van der Waals surface area contributed by atoms with Gasteiger partial charge in [-0.05, 0) is 52.7 Å². The van der Waals surface area contributed by atoms with E-state index in [0.717, 1.165) is 23.5 Å². The van der Waals surface area contributed by atoms with Gasteiger partial charge in [0, 0.05) is 16.3 Å². The molecule has 0 bridgehead atoms. The Morgan fingerprint density at radius 2 is 2.24 bits per heavy atom. The first kappa shape index (κ1) is 13.4. The van der Waals surface area contributed by atoms with Crippen LogP contribution in [-0.4, -0.2) is 26.0 Å². The van der Waals surface area contributed by atoms with Crippen molar-refractivity contribution in [3.63, 3.8) is 0 Å². The predicted octanol–water partition coefficient (Wildman–Crippen LogP) is 2.54. The summed E-state index contributed by atoms with van der Waals surface area (Å²) in [5.41, 5.74) is 1.03. The van der Waals surface area contributed by atoms with Crippen molar-refractivity contribution in [3.8, 4) is 0 Å². The fourth-order valence-electron chi connectivity index (χ4n) is 1.73. The van der Waals surface area contributed by atoms with Crippen molar-refractivity contribution in [2.45, 2.75) is 24.3 Å². The molecule has 1 unspecified atom stereocenters. The molecule has 1 aromatic carbocycles. The van der Waals surface area contributed by atoms with Crippen molar-refractivity contribution in [1.29, 1.82) is 0 Å². The van der Waals surface area contributed by atoms with Crippen molar-refractivity contribution in [3.05, 3.63) is 28.2 Å². The van der Waals surface area contributed by atoms with E-state index in [4.69, 9.17) is 0 Å². The minimum Gasteiger partial charge on any atom is -0.207 e. The van der Waals surface area contributed by atoms with Crippen molar-refractivity contribution in [1.82, 2.24) is 4.72 Å². The summed E-state index contributed by atoms with van der Waals surface area (Å²) >= 11 is 5.09. The van der Waals surface area contributed by atoms with Crippen LogP contribution >= 0.6 is 27.7 Å². The Hall–Kier alpha value is -0.0400. The molecule has 1 N–H and O–H groups in total. The SMILES string of the molecule is Cc1ccc(S(=O)(=O)NC2CCSC2)c(Br)c1. The topological polar surface area (TPSA) is 46.2 Å². The van der Waals surface area contributed by atoms with Gasteiger partial charge in [-0.2, -0.15) is 11.8 Å². The minimum absolute atomic E-state index is 0.0678. The van der Waals surface area contributed by atoms with E-state index in [1.165, 1.54) is 0 Å². The zero-order valence-electron chi connectivity index (χ0n) is 9.44. The van der Waals surface area contributed by atoms with Gasteiger partial charge in [-0.3, -0.25) is 0 Å². The largest absolute Gasteiger partial charge is 0.241 e. The maximum absolute atomic E-state index is 12.2. The molecule has 0 radical (unpaired) electrons. The Balaban J connectivity index is 2.24. The molecule has 1 heterocycles. The molecule has 1 aromatic rings. The second-order valence-corrected chi connectivity index (χ2v) is 7.80. The van der Waals surface area contributed by atoms with Crippen molar-refractivity contribution >= 4 is 37.7 Å². The molecule has 0 saturated carbocycles. The van der Waals surface area contributed by atoms with Gasteiger partial charge in [0.1, 0.15) is 0 Å². The lowest BCUT2D eigenvalue weighted by atomic mass is 10.2. The lowest BCUT2D eigenvalue weighted by Crippen LogP contribution is -2.34. The van der Waals surface area contributed by atoms with Crippen LogP contribution in [0.25, 0.3) is 0 Å². The molecule has 0 aliphatic carbocycles. The highest BCUT2D eigenvalue weighted by Crippen LogP contribution is 2.25. The van der Waals surface area contributed by atoms with Gasteiger partial charge in [0.25, 0.3) is 0 Å². The summed E-state index contributed by atoms with van der Waals surface area (Å²) in [5.74, 6) is 1.89. The van der Waals surface area contributed by atoms with Crippen LogP contribution in [0.15, 0.2) is 27.6 Å². The van der Waals surface area contributed by atoms with Crippen LogP contribution in [0, 0.1) is 6.92 Å². The van der Waals surface area contributed by atoms with E-state index in [-0.39, 0.29) is 6.04 Å². The van der Waals surface area contributed by atoms with E-state index >= 15 is 0 Å². The molecule has 6 heteroatoms. The first-order chi connectivity index (χ1) is 7.99. The number of halogens is 1. The quantitative estimate of drug-likeness (QED) is 0.923. The number of aryl methyl sites for hydroxylation is 1. The molecule has 0 amide bonds. The first-order valence-corrected chi connectivity index (χ1v) is 8.78. The van der Waals surface area contributed by atoms with Gasteiger partial charge in [-0.25, -0.2) is 13.1 Å². The minimum atomic E-state index is -3.40. The molecule has 0 aromatic heterocycles. The maximum Gasteiger partial charge on any atom is 0.241 e. The Labute approximate surface area is 115 Å². The average Bonchev–Trinajstić information content (AvgIpc) is 2.68. The van der Waals surface area contributed by atoms with Crippen LogP contribution in [0.3, 0.4) is 0 Å². The molecular weight excluding hydrogens is 322 g/mol. The summed E-state index contributed by atoms with van der Waals surface area (Å²) in [5, 5.41) is 0. The van der Waals surface area contributed by atoms with Gasteiger partial charge in [0.05, 0.1) is 4.90 Å². The van der Waals surface area contributed by atoms with E-state index in [1.807, 2.05) is 19.1 Å². The third-order valence-corrected chi connectivity index (χ3v) is 6.29. The Kier molecular flexibility index (Phi) is 4.18. The number of thioether (sulfide) groups is 1. The molecule has 1 fully saturated rings. The molecule has 1 saturated heterocycles. The third kappa shape index (κ3) is 3.24. The number of sulfonamides is 1. The molecular formula is C11H14BrNO2S2. The normalized spacial score (nSPS) is 20.7. The van der Waals surface area contributed by atoms with Crippen LogP contribution < -0.4 is 4.72 Å². The molecule has 1 aliphatic heterocycles. The van der Waals surface area contributed by atoms with E-state index in [2.05, 4.69) is 20.7 Å². The van der Waals surface area contributed by atoms with Crippen molar-refractivity contribution in [2.75, 3.05) is 11.5 Å². The van der Waals surface area contributed by atoms with Crippen LogP contribution in [0.4, 0.5) is 0 Å². The zero-order valence-corrected chi connectivity index (χ0v) is 12.7. The van der Waals surface area contributed by atoms with E-state index in [1.54, 1.807) is 17.8 Å². The summed E-state index contributed by atoms with van der Waals surface area (Å²) in [6.45, 7) is 1.93. The number of hydrogen-bond donors (Lipinski definition) is 1. The summed E-state index contributed by atoms with van der Waals surface area (Å²) < 4.78 is 27.7. The van der Waals surface area contributed by atoms with E-state index in [9.17, 15) is 8.42 Å². The summed E-state index contributed by atoms with van der Waals surface area (Å²) in [6.07, 6.45) is 0.910. The van der Waals surface area contributed by atoms with Crippen LogP contribution in [0.5, 0.6) is 0 Å². The Bertz CT molecular complexity index is 510. The smallest absolute Gasteiger partial charge is 0.207 e. The summed E-state index contributed by atoms with van der Waals surface area (Å²) in [4.78, 5) is 0.319. The fourth-order valence-corrected chi connectivity index (χ4v) is 5.45. The standard InChI is InChI=1S/C11H14BrNO2S2/c1-8-2-3-11(10(12)6-8)17(14,15)13-9-4-5-16-7-9/h2-3,6,9,13H,4-5,7H2,1H3. The number of benzene rings is 1. The van der Waals surface area contributed by atoms with E-state index < -0.39 is 10.0 Å². The molecule has 0 spiro atoms. The summed E-state index contributed by atoms with van der Waals surface area (Å²) in [6, 6.07) is 5.34. The van der Waals surface area contributed by atoms with Gasteiger partial charge in [0.15, 0.2) is 0 Å². The Morgan fingerprint density at radius 1 is 1.47 bits per heavy atom. The maximum atomic E-state index is 12.2. The van der Waals surface area contributed by atoms with Gasteiger partial charge in [-0.15, -0.1) is 0 Å².